The standard InChI is InChI=1S/C26H29N3O4S/c1-13-12-27-24(34-13)29-22(31)6-4-15-10-21(30)26(2)8-7-16-17(23(15)26)5-3-14-9-20-19(11-18(14)16)28-25(32)33-20/h9,11-12,15-17,23H,3-8,10H2,1-2H3,(H,28,32)(H,27,29,31). The van der Waals surface area contributed by atoms with Crippen LogP contribution in [-0.2, 0) is 16.0 Å². The number of nitrogens with one attached hydrogen (secondary N) is 2. The van der Waals surface area contributed by atoms with Crippen molar-refractivity contribution < 1.29 is 14.0 Å². The van der Waals surface area contributed by atoms with E-state index in [1.54, 1.807) is 6.20 Å². The number of aryl methyl sites for hydroxylation is 2. The highest BCUT2D eigenvalue weighted by molar-refractivity contribution is 7.15. The van der Waals surface area contributed by atoms with Crippen LogP contribution in [0.15, 0.2) is 27.5 Å². The van der Waals surface area contributed by atoms with Gasteiger partial charge in [-0.05, 0) is 86.0 Å². The summed E-state index contributed by atoms with van der Waals surface area (Å²) in [5.41, 5.74) is 3.65. The number of fused-ring (bicyclic) bond motifs is 6. The number of aromatic nitrogens is 2. The molecule has 5 unspecified atom stereocenters. The third kappa shape index (κ3) is 3.45. The molecule has 0 bridgehead atoms. The molecule has 3 aliphatic carbocycles. The summed E-state index contributed by atoms with van der Waals surface area (Å²) in [6.07, 6.45) is 7.32. The predicted octanol–water partition coefficient (Wildman–Crippen LogP) is 4.96. The molecule has 8 heteroatoms. The van der Waals surface area contributed by atoms with Crippen LogP contribution in [0.5, 0.6) is 0 Å². The van der Waals surface area contributed by atoms with E-state index in [2.05, 4.69) is 28.3 Å². The molecule has 2 fully saturated rings. The molecule has 6 rings (SSSR count). The number of oxazole rings is 1. The van der Waals surface area contributed by atoms with Crippen LogP contribution in [0.1, 0.15) is 67.4 Å². The third-order valence-corrected chi connectivity index (χ3v) is 9.55. The fraction of sp³-hybridized carbons (Fsp3) is 0.538. The molecule has 34 heavy (non-hydrogen) atoms. The summed E-state index contributed by atoms with van der Waals surface area (Å²) >= 11 is 1.48. The zero-order chi connectivity index (χ0) is 23.6. The van der Waals surface area contributed by atoms with Gasteiger partial charge in [-0.2, -0.15) is 0 Å². The zero-order valence-corrected chi connectivity index (χ0v) is 20.3. The SMILES string of the molecule is Cc1cnc(NC(=O)CCC2CC(=O)C3(C)CCC4c5cc6[nH]c(=O)oc6cc5CCC4C23)s1. The fourth-order valence-electron chi connectivity index (χ4n) is 7.25. The number of H-pyrrole nitrogens is 1. The molecule has 3 aliphatic rings. The van der Waals surface area contributed by atoms with E-state index in [1.807, 2.05) is 13.0 Å². The summed E-state index contributed by atoms with van der Waals surface area (Å²) in [5.74, 6) is 1.25. The minimum absolute atomic E-state index is 0.0249. The monoisotopic (exact) mass is 479 g/mol. The maximum atomic E-state index is 13.2. The predicted molar refractivity (Wildman–Crippen MR) is 130 cm³/mol. The lowest BCUT2D eigenvalue weighted by Crippen LogP contribution is -2.44. The van der Waals surface area contributed by atoms with E-state index in [4.69, 9.17) is 4.42 Å². The number of anilines is 1. The first-order chi connectivity index (χ1) is 16.3. The number of aromatic amines is 1. The molecule has 0 radical (unpaired) electrons. The van der Waals surface area contributed by atoms with Gasteiger partial charge < -0.3 is 9.73 Å². The Morgan fingerprint density at radius 1 is 1.32 bits per heavy atom. The van der Waals surface area contributed by atoms with E-state index in [1.165, 1.54) is 22.5 Å². The summed E-state index contributed by atoms with van der Waals surface area (Å²) in [6.45, 7) is 4.14. The van der Waals surface area contributed by atoms with Crippen LogP contribution in [0.25, 0.3) is 11.1 Å². The number of carbonyl (C=O) groups excluding carboxylic acids is 2. The van der Waals surface area contributed by atoms with E-state index in [0.717, 1.165) is 42.5 Å². The first kappa shape index (κ1) is 21.8. The third-order valence-electron chi connectivity index (χ3n) is 8.72. The molecule has 2 aromatic heterocycles. The second-order valence-corrected chi connectivity index (χ2v) is 11.8. The number of nitrogens with zero attached hydrogens (tertiary/aromatic N) is 1. The second kappa shape index (κ2) is 7.90. The summed E-state index contributed by atoms with van der Waals surface area (Å²) in [4.78, 5) is 45.6. The smallest absolute Gasteiger partial charge is 0.408 e. The average molecular weight is 480 g/mol. The van der Waals surface area contributed by atoms with Gasteiger partial charge in [0, 0.05) is 29.3 Å². The largest absolute Gasteiger partial charge is 0.417 e. The van der Waals surface area contributed by atoms with Gasteiger partial charge in [0.05, 0.1) is 5.52 Å². The van der Waals surface area contributed by atoms with Gasteiger partial charge in [-0.15, -0.1) is 11.3 Å². The Hall–Kier alpha value is -2.74. The lowest BCUT2D eigenvalue weighted by molar-refractivity contribution is -0.129. The van der Waals surface area contributed by atoms with Gasteiger partial charge in [-0.25, -0.2) is 9.78 Å². The van der Waals surface area contributed by atoms with Crippen LogP contribution >= 0.6 is 11.3 Å². The van der Waals surface area contributed by atoms with Gasteiger partial charge in [0.2, 0.25) is 5.91 Å². The summed E-state index contributed by atoms with van der Waals surface area (Å²) in [7, 11) is 0. The molecule has 5 atom stereocenters. The van der Waals surface area contributed by atoms with Crippen LogP contribution in [0, 0.1) is 30.1 Å². The van der Waals surface area contributed by atoms with Gasteiger partial charge in [-0.1, -0.05) is 6.92 Å². The lowest BCUT2D eigenvalue weighted by atomic mass is 9.54. The molecule has 0 aliphatic heterocycles. The van der Waals surface area contributed by atoms with E-state index in [9.17, 15) is 14.4 Å². The van der Waals surface area contributed by atoms with Crippen LogP contribution in [-0.4, -0.2) is 21.7 Å². The molecular weight excluding hydrogens is 450 g/mol. The van der Waals surface area contributed by atoms with Crippen LogP contribution in [0.4, 0.5) is 5.13 Å². The summed E-state index contributed by atoms with van der Waals surface area (Å²) < 4.78 is 5.29. The molecule has 3 aromatic rings. The number of hydrogen-bond acceptors (Lipinski definition) is 6. The number of amides is 1. The quantitative estimate of drug-likeness (QED) is 0.550. The van der Waals surface area contributed by atoms with Crippen molar-refractivity contribution in [2.24, 2.45) is 23.2 Å². The zero-order valence-electron chi connectivity index (χ0n) is 19.5. The maximum absolute atomic E-state index is 13.2. The minimum atomic E-state index is -0.419. The average Bonchev–Trinajstić information content (AvgIpc) is 3.44. The number of thiazole rings is 1. The van der Waals surface area contributed by atoms with Crippen LogP contribution in [0.2, 0.25) is 0 Å². The Balaban J connectivity index is 1.24. The first-order valence-corrected chi connectivity index (χ1v) is 13.0. The van der Waals surface area contributed by atoms with Crippen molar-refractivity contribution >= 4 is 39.3 Å². The normalized spacial score (nSPS) is 30.1. The summed E-state index contributed by atoms with van der Waals surface area (Å²) in [5, 5.41) is 3.55. The number of Topliss-reactive ketones (excluding diaryl/α,β-unsaturated/α-hetero) is 1. The first-order valence-electron chi connectivity index (χ1n) is 12.2. The van der Waals surface area contributed by atoms with Crippen molar-refractivity contribution in [1.82, 2.24) is 9.97 Å². The van der Waals surface area contributed by atoms with Crippen molar-refractivity contribution in [3.05, 3.63) is 44.9 Å². The van der Waals surface area contributed by atoms with Crippen LogP contribution < -0.4 is 11.1 Å². The molecule has 1 amide bonds. The second-order valence-electron chi connectivity index (χ2n) is 10.6. The van der Waals surface area contributed by atoms with Crippen LogP contribution in [0.3, 0.4) is 0 Å². The fourth-order valence-corrected chi connectivity index (χ4v) is 7.93. The van der Waals surface area contributed by atoms with E-state index < -0.39 is 5.76 Å². The Morgan fingerprint density at radius 3 is 2.97 bits per heavy atom. The molecule has 0 saturated heterocycles. The van der Waals surface area contributed by atoms with Crippen molar-refractivity contribution in [3.63, 3.8) is 0 Å². The molecule has 2 heterocycles. The van der Waals surface area contributed by atoms with Gasteiger partial charge in [0.25, 0.3) is 0 Å². The number of ketones is 1. The van der Waals surface area contributed by atoms with Crippen molar-refractivity contribution in [3.8, 4) is 0 Å². The Bertz CT molecular complexity index is 1350. The molecule has 0 spiro atoms. The van der Waals surface area contributed by atoms with Gasteiger partial charge in [-0.3, -0.25) is 14.6 Å². The number of carbonyl (C=O) groups is 2. The number of hydrogen-bond donors (Lipinski definition) is 2. The van der Waals surface area contributed by atoms with Gasteiger partial charge in [0.1, 0.15) is 5.78 Å². The number of rotatable bonds is 4. The van der Waals surface area contributed by atoms with Gasteiger partial charge >= 0.3 is 5.76 Å². The highest BCUT2D eigenvalue weighted by Gasteiger charge is 2.58. The summed E-state index contributed by atoms with van der Waals surface area (Å²) in [6, 6.07) is 4.12. The minimum Gasteiger partial charge on any atom is -0.408 e. The topological polar surface area (TPSA) is 105 Å². The van der Waals surface area contributed by atoms with Crippen molar-refractivity contribution in [2.45, 2.75) is 64.7 Å². The Kier molecular flexibility index (Phi) is 5.06. The molecule has 178 valence electrons. The maximum Gasteiger partial charge on any atom is 0.417 e. The highest BCUT2D eigenvalue weighted by atomic mass is 32.1. The van der Waals surface area contributed by atoms with Crippen molar-refractivity contribution in [2.75, 3.05) is 5.32 Å². The lowest BCUT2D eigenvalue weighted by Gasteiger charge is -2.50. The highest BCUT2D eigenvalue weighted by Crippen LogP contribution is 2.62. The number of benzene rings is 1. The Labute approximate surface area is 201 Å². The van der Waals surface area contributed by atoms with Gasteiger partial charge in [0.15, 0.2) is 10.7 Å². The Morgan fingerprint density at radius 2 is 2.18 bits per heavy atom. The van der Waals surface area contributed by atoms with E-state index in [0.29, 0.717) is 47.1 Å². The molecule has 2 N–H and O–H groups in total. The molecular formula is C26H29N3O4S. The molecule has 2 saturated carbocycles. The van der Waals surface area contributed by atoms with Crippen molar-refractivity contribution in [1.29, 1.82) is 0 Å². The molecule has 7 nitrogen and oxygen atoms in total. The van der Waals surface area contributed by atoms with E-state index >= 15 is 0 Å². The molecule has 1 aromatic carbocycles. The van der Waals surface area contributed by atoms with E-state index in [-0.39, 0.29) is 17.2 Å².